The molecule has 0 atom stereocenters. The van der Waals surface area contributed by atoms with Crippen molar-refractivity contribution in [3.05, 3.63) is 27.1 Å². The molecule has 0 aliphatic carbocycles. The smallest absolute Gasteiger partial charge is 0.264 e. The van der Waals surface area contributed by atoms with Crippen LogP contribution in [0, 0.1) is 6.92 Å². The summed E-state index contributed by atoms with van der Waals surface area (Å²) in [6.07, 6.45) is 3.48. The molecule has 0 aromatic carbocycles. The van der Waals surface area contributed by atoms with Crippen molar-refractivity contribution in [2.45, 2.75) is 45.4 Å². The van der Waals surface area contributed by atoms with E-state index in [1.807, 2.05) is 6.92 Å². The standard InChI is InChI=1S/C20H26N4O5S/c1-3-6-21-14(25)11-24-12-22-17-15(18(24)26)13(2)16(30-17)19(27)23-7-4-20(5-8-23)28-9-10-29-20/h12H,3-11H2,1-2H3,(H,21,25). The van der Waals surface area contributed by atoms with E-state index in [4.69, 9.17) is 9.47 Å². The molecule has 0 unspecified atom stereocenters. The molecule has 4 heterocycles. The fraction of sp³-hybridized carbons (Fsp3) is 0.600. The van der Waals surface area contributed by atoms with Crippen molar-refractivity contribution in [1.82, 2.24) is 19.8 Å². The minimum absolute atomic E-state index is 0.0887. The average molecular weight is 435 g/mol. The van der Waals surface area contributed by atoms with Gasteiger partial charge in [-0.3, -0.25) is 19.0 Å². The zero-order valence-corrected chi connectivity index (χ0v) is 18.0. The zero-order valence-electron chi connectivity index (χ0n) is 17.2. The van der Waals surface area contributed by atoms with Crippen molar-refractivity contribution < 1.29 is 19.1 Å². The maximum Gasteiger partial charge on any atom is 0.264 e. The highest BCUT2D eigenvalue weighted by Crippen LogP contribution is 2.33. The number of hydrogen-bond donors (Lipinski definition) is 1. The van der Waals surface area contributed by atoms with Gasteiger partial charge in [0, 0.05) is 32.5 Å². The molecule has 2 aliphatic rings. The number of hydrogen-bond acceptors (Lipinski definition) is 7. The van der Waals surface area contributed by atoms with Crippen molar-refractivity contribution in [2.75, 3.05) is 32.8 Å². The number of carbonyl (C=O) groups excluding carboxylic acids is 2. The van der Waals surface area contributed by atoms with Crippen molar-refractivity contribution in [1.29, 1.82) is 0 Å². The van der Waals surface area contributed by atoms with Gasteiger partial charge in [0.15, 0.2) is 5.79 Å². The molecule has 10 heteroatoms. The lowest BCUT2D eigenvalue weighted by Crippen LogP contribution is -2.47. The Morgan fingerprint density at radius 1 is 1.27 bits per heavy atom. The molecule has 30 heavy (non-hydrogen) atoms. The maximum atomic E-state index is 13.1. The first kappa shape index (κ1) is 21.0. The molecular weight excluding hydrogens is 408 g/mol. The van der Waals surface area contributed by atoms with Crippen LogP contribution in [-0.4, -0.2) is 64.9 Å². The molecular formula is C20H26N4O5S. The lowest BCUT2D eigenvalue weighted by Gasteiger charge is -2.37. The monoisotopic (exact) mass is 434 g/mol. The maximum absolute atomic E-state index is 13.1. The number of ether oxygens (including phenoxy) is 2. The van der Waals surface area contributed by atoms with Gasteiger partial charge in [0.05, 0.1) is 29.8 Å². The third-order valence-electron chi connectivity index (χ3n) is 5.62. The second-order valence-corrected chi connectivity index (χ2v) is 8.66. The number of thiophene rings is 1. The minimum Gasteiger partial charge on any atom is -0.355 e. The van der Waals surface area contributed by atoms with E-state index in [2.05, 4.69) is 10.3 Å². The van der Waals surface area contributed by atoms with E-state index in [-0.39, 0.29) is 23.9 Å². The number of aromatic nitrogens is 2. The van der Waals surface area contributed by atoms with Crippen LogP contribution < -0.4 is 10.9 Å². The average Bonchev–Trinajstić information content (AvgIpc) is 3.33. The van der Waals surface area contributed by atoms with Gasteiger partial charge in [-0.15, -0.1) is 11.3 Å². The van der Waals surface area contributed by atoms with Crippen molar-refractivity contribution >= 4 is 33.4 Å². The number of piperidine rings is 1. The van der Waals surface area contributed by atoms with E-state index in [1.54, 1.807) is 11.8 Å². The van der Waals surface area contributed by atoms with Crippen LogP contribution in [0.3, 0.4) is 0 Å². The number of rotatable bonds is 5. The van der Waals surface area contributed by atoms with Gasteiger partial charge in [-0.1, -0.05) is 6.92 Å². The predicted molar refractivity (Wildman–Crippen MR) is 112 cm³/mol. The van der Waals surface area contributed by atoms with Crippen LogP contribution >= 0.6 is 11.3 Å². The molecule has 1 N–H and O–H groups in total. The molecule has 0 bridgehead atoms. The molecule has 4 rings (SSSR count). The van der Waals surface area contributed by atoms with Gasteiger partial charge in [0.25, 0.3) is 11.5 Å². The summed E-state index contributed by atoms with van der Waals surface area (Å²) in [5.41, 5.74) is 0.319. The third kappa shape index (κ3) is 3.86. The normalized spacial score (nSPS) is 18.3. The van der Waals surface area contributed by atoms with Crippen LogP contribution in [0.4, 0.5) is 0 Å². The molecule has 162 valence electrons. The van der Waals surface area contributed by atoms with Crippen LogP contribution in [0.1, 0.15) is 41.4 Å². The first-order valence-corrected chi connectivity index (χ1v) is 11.1. The molecule has 1 spiro atoms. The van der Waals surface area contributed by atoms with E-state index >= 15 is 0 Å². The van der Waals surface area contributed by atoms with Crippen LogP contribution in [0.2, 0.25) is 0 Å². The number of nitrogens with one attached hydrogen (secondary N) is 1. The lowest BCUT2D eigenvalue weighted by atomic mass is 10.0. The SMILES string of the molecule is CCCNC(=O)Cn1cnc2sc(C(=O)N3CCC4(CC3)OCCO4)c(C)c2c1=O. The first-order chi connectivity index (χ1) is 14.4. The van der Waals surface area contributed by atoms with Crippen molar-refractivity contribution in [3.8, 4) is 0 Å². The number of aryl methyl sites for hydroxylation is 1. The quantitative estimate of drug-likeness (QED) is 0.760. The van der Waals surface area contributed by atoms with Gasteiger partial charge in [-0.25, -0.2) is 4.98 Å². The molecule has 0 saturated carbocycles. The van der Waals surface area contributed by atoms with Gasteiger partial charge in [-0.2, -0.15) is 0 Å². The second-order valence-electron chi connectivity index (χ2n) is 7.66. The fourth-order valence-corrected chi connectivity index (χ4v) is 5.04. The number of carbonyl (C=O) groups is 2. The van der Waals surface area contributed by atoms with Gasteiger partial charge >= 0.3 is 0 Å². The zero-order chi connectivity index (χ0) is 21.3. The summed E-state index contributed by atoms with van der Waals surface area (Å²) in [5.74, 6) is -0.877. The molecule has 9 nitrogen and oxygen atoms in total. The number of likely N-dealkylation sites (tertiary alicyclic amines) is 1. The van der Waals surface area contributed by atoms with Crippen molar-refractivity contribution in [2.24, 2.45) is 0 Å². The Kier molecular flexibility index (Phi) is 5.90. The third-order valence-corrected chi connectivity index (χ3v) is 6.81. The largest absolute Gasteiger partial charge is 0.355 e. The Morgan fingerprint density at radius 3 is 2.63 bits per heavy atom. The second kappa shape index (κ2) is 8.44. The Morgan fingerprint density at radius 2 is 1.97 bits per heavy atom. The number of amides is 2. The number of fused-ring (bicyclic) bond motifs is 1. The summed E-state index contributed by atoms with van der Waals surface area (Å²) in [7, 11) is 0. The van der Waals surface area contributed by atoms with Crippen molar-refractivity contribution in [3.63, 3.8) is 0 Å². The Labute approximate surface area is 178 Å². The van der Waals surface area contributed by atoms with Gasteiger partial charge < -0.3 is 19.7 Å². The van der Waals surface area contributed by atoms with Gasteiger partial charge in [0.1, 0.15) is 11.4 Å². The molecule has 2 aromatic heterocycles. The molecule has 2 saturated heterocycles. The lowest BCUT2D eigenvalue weighted by molar-refractivity contribution is -0.181. The summed E-state index contributed by atoms with van der Waals surface area (Å²) in [6, 6.07) is 0. The summed E-state index contributed by atoms with van der Waals surface area (Å²) in [4.78, 5) is 45.2. The molecule has 2 aliphatic heterocycles. The predicted octanol–water partition coefficient (Wildman–Crippen LogP) is 1.27. The van der Waals surface area contributed by atoms with Gasteiger partial charge in [0.2, 0.25) is 5.91 Å². The summed E-state index contributed by atoms with van der Waals surface area (Å²) in [6.45, 7) is 6.48. The Bertz CT molecular complexity index is 1010. The number of nitrogens with zero attached hydrogens (tertiary/aromatic N) is 3. The van der Waals surface area contributed by atoms with Crippen LogP contribution in [0.5, 0.6) is 0 Å². The van der Waals surface area contributed by atoms with E-state index in [9.17, 15) is 14.4 Å². The fourth-order valence-electron chi connectivity index (χ4n) is 3.93. The Balaban J connectivity index is 1.54. The minimum atomic E-state index is -0.542. The first-order valence-electron chi connectivity index (χ1n) is 10.3. The highest BCUT2D eigenvalue weighted by atomic mass is 32.1. The molecule has 2 amide bonds. The highest BCUT2D eigenvalue weighted by molar-refractivity contribution is 7.20. The summed E-state index contributed by atoms with van der Waals surface area (Å²) >= 11 is 1.23. The molecule has 0 radical (unpaired) electrons. The topological polar surface area (TPSA) is 103 Å². The molecule has 2 fully saturated rings. The molecule has 2 aromatic rings. The summed E-state index contributed by atoms with van der Waals surface area (Å²) < 4.78 is 12.7. The van der Waals surface area contributed by atoms with Crippen LogP contribution in [0.25, 0.3) is 10.2 Å². The van der Waals surface area contributed by atoms with E-state index < -0.39 is 5.79 Å². The van der Waals surface area contributed by atoms with E-state index in [0.29, 0.717) is 66.3 Å². The van der Waals surface area contributed by atoms with Gasteiger partial charge in [-0.05, 0) is 18.9 Å². The van der Waals surface area contributed by atoms with Crippen LogP contribution in [0.15, 0.2) is 11.1 Å². The highest BCUT2D eigenvalue weighted by Gasteiger charge is 2.41. The van der Waals surface area contributed by atoms with Crippen LogP contribution in [-0.2, 0) is 20.8 Å². The Hall–Kier alpha value is -2.30. The van der Waals surface area contributed by atoms with E-state index in [1.165, 1.54) is 22.2 Å². The summed E-state index contributed by atoms with van der Waals surface area (Å²) in [5, 5.41) is 3.16. The van der Waals surface area contributed by atoms with E-state index in [0.717, 1.165) is 6.42 Å².